The smallest absolute Gasteiger partial charge is 0.338 e. The van der Waals surface area contributed by atoms with Crippen LogP contribution in [0.2, 0.25) is 0 Å². The molecule has 11 nitrogen and oxygen atoms in total. The van der Waals surface area contributed by atoms with Crippen molar-refractivity contribution >= 4 is 17.8 Å². The van der Waals surface area contributed by atoms with E-state index in [9.17, 15) is 14.4 Å². The molecule has 2 aromatic rings. The third-order valence-electron chi connectivity index (χ3n) is 7.71. The average Bonchev–Trinajstić information content (AvgIpc) is 3.52. The van der Waals surface area contributed by atoms with Gasteiger partial charge in [0.25, 0.3) is 0 Å². The predicted molar refractivity (Wildman–Crippen MR) is 140 cm³/mol. The molecule has 0 unspecified atom stereocenters. The van der Waals surface area contributed by atoms with Crippen LogP contribution in [0.4, 0.5) is 10.6 Å². The number of carbonyl (C=O) groups is 2. The van der Waals surface area contributed by atoms with E-state index in [0.717, 1.165) is 25.6 Å². The van der Waals surface area contributed by atoms with Crippen LogP contribution in [-0.4, -0.2) is 87.0 Å². The van der Waals surface area contributed by atoms with Crippen LogP contribution in [-0.2, 0) is 11.3 Å². The number of amides is 3. The lowest BCUT2D eigenvalue weighted by atomic mass is 10.1. The summed E-state index contributed by atoms with van der Waals surface area (Å²) in [4.78, 5) is 47.5. The van der Waals surface area contributed by atoms with Gasteiger partial charge in [-0.05, 0) is 62.4 Å². The summed E-state index contributed by atoms with van der Waals surface area (Å²) in [5, 5.41) is 2.69. The van der Waals surface area contributed by atoms with E-state index in [2.05, 4.69) is 15.2 Å². The fraction of sp³-hybridized carbons (Fsp3) is 0.538. The van der Waals surface area contributed by atoms with E-state index in [0.29, 0.717) is 43.8 Å². The molecule has 1 aromatic heterocycles. The number of carbonyl (C=O) groups excluding carboxylic acids is 2. The monoisotopic (exact) mass is 508 g/mol. The number of hydrogen-bond donors (Lipinski definition) is 3. The standard InChI is InChI=1S/C26H36N8O3/c1-26(2,28)23(35)32-11-13-33(14-12-32)24(36)29-21-8-10-34(25(37)30-21)18-5-3-17(4-6-18)15-31-9-7-19-20(16-31)22(19)27/h3-6,8,10,19-20,22H,7,9,11-16,27-28H2,1-2H3,(H,29,30,36,37)/t19-,20+,22+/m1/s1. The zero-order valence-electron chi connectivity index (χ0n) is 21.5. The Balaban J connectivity index is 1.15. The normalized spacial score (nSPS) is 23.9. The van der Waals surface area contributed by atoms with Crippen LogP contribution >= 0.6 is 0 Å². The summed E-state index contributed by atoms with van der Waals surface area (Å²) in [6.07, 6.45) is 2.79. The summed E-state index contributed by atoms with van der Waals surface area (Å²) in [5.41, 5.74) is 12.5. The van der Waals surface area contributed by atoms with E-state index < -0.39 is 11.2 Å². The summed E-state index contributed by atoms with van der Waals surface area (Å²) in [6.45, 7) is 7.92. The number of nitrogens with two attached hydrogens (primary N) is 2. The zero-order valence-corrected chi connectivity index (χ0v) is 21.5. The fourth-order valence-corrected chi connectivity index (χ4v) is 5.40. The first kappa shape index (κ1) is 25.4. The number of piperazine rings is 1. The van der Waals surface area contributed by atoms with Crippen molar-refractivity contribution in [3.05, 3.63) is 52.6 Å². The van der Waals surface area contributed by atoms with Crippen molar-refractivity contribution < 1.29 is 9.59 Å². The lowest BCUT2D eigenvalue weighted by molar-refractivity contribution is -0.137. The highest BCUT2D eigenvalue weighted by molar-refractivity contribution is 5.89. The number of aromatic nitrogens is 2. The second-order valence-electron chi connectivity index (χ2n) is 11.0. The van der Waals surface area contributed by atoms with Crippen molar-refractivity contribution in [2.24, 2.45) is 23.3 Å². The number of hydrogen-bond acceptors (Lipinski definition) is 7. The number of rotatable bonds is 5. The summed E-state index contributed by atoms with van der Waals surface area (Å²) in [6, 6.07) is 9.52. The molecule has 5 N–H and O–H groups in total. The topological polar surface area (TPSA) is 143 Å². The van der Waals surface area contributed by atoms with Crippen LogP contribution in [0.15, 0.2) is 41.3 Å². The van der Waals surface area contributed by atoms with E-state index in [1.807, 2.05) is 24.3 Å². The molecule has 198 valence electrons. The summed E-state index contributed by atoms with van der Waals surface area (Å²) >= 11 is 0. The van der Waals surface area contributed by atoms with Gasteiger partial charge in [0.15, 0.2) is 0 Å². The van der Waals surface area contributed by atoms with Crippen LogP contribution in [0, 0.1) is 11.8 Å². The summed E-state index contributed by atoms with van der Waals surface area (Å²) in [5.74, 6) is 1.41. The number of fused-ring (bicyclic) bond motifs is 1. The first-order valence-electron chi connectivity index (χ1n) is 12.9. The van der Waals surface area contributed by atoms with Crippen molar-refractivity contribution in [2.75, 3.05) is 44.6 Å². The molecule has 5 rings (SSSR count). The van der Waals surface area contributed by atoms with Gasteiger partial charge in [-0.3, -0.25) is 19.6 Å². The molecule has 3 fully saturated rings. The average molecular weight is 509 g/mol. The van der Waals surface area contributed by atoms with Gasteiger partial charge < -0.3 is 21.3 Å². The first-order valence-corrected chi connectivity index (χ1v) is 12.9. The zero-order chi connectivity index (χ0) is 26.3. The van der Waals surface area contributed by atoms with Crippen molar-refractivity contribution in [1.29, 1.82) is 0 Å². The van der Waals surface area contributed by atoms with E-state index in [4.69, 9.17) is 11.5 Å². The second kappa shape index (κ2) is 9.88. The minimum atomic E-state index is -0.944. The predicted octanol–water partition coefficient (Wildman–Crippen LogP) is 0.425. The Kier molecular flexibility index (Phi) is 6.78. The Morgan fingerprint density at radius 2 is 1.70 bits per heavy atom. The number of benzene rings is 1. The molecule has 3 aliphatic rings. The Morgan fingerprint density at radius 1 is 1.03 bits per heavy atom. The number of urea groups is 1. The lowest BCUT2D eigenvalue weighted by Crippen LogP contribution is -2.58. The van der Waals surface area contributed by atoms with Crippen LogP contribution in [0.5, 0.6) is 0 Å². The molecule has 0 bridgehead atoms. The molecule has 37 heavy (non-hydrogen) atoms. The number of nitrogens with zero attached hydrogens (tertiary/aromatic N) is 5. The number of likely N-dealkylation sites (tertiary alicyclic amines) is 1. The van der Waals surface area contributed by atoms with Gasteiger partial charge in [0.2, 0.25) is 5.91 Å². The minimum Gasteiger partial charge on any atom is -0.338 e. The Labute approximate surface area is 216 Å². The maximum atomic E-state index is 12.7. The second-order valence-corrected chi connectivity index (χ2v) is 11.0. The Hall–Kier alpha value is -3.28. The highest BCUT2D eigenvalue weighted by Gasteiger charge is 2.50. The van der Waals surface area contributed by atoms with Gasteiger partial charge in [-0.15, -0.1) is 0 Å². The van der Waals surface area contributed by atoms with Gasteiger partial charge in [0, 0.05) is 51.5 Å². The largest absolute Gasteiger partial charge is 0.354 e. The van der Waals surface area contributed by atoms with Crippen LogP contribution < -0.4 is 22.5 Å². The molecule has 0 spiro atoms. The lowest BCUT2D eigenvalue weighted by Gasteiger charge is -2.37. The third-order valence-corrected chi connectivity index (χ3v) is 7.71. The van der Waals surface area contributed by atoms with Crippen molar-refractivity contribution in [1.82, 2.24) is 24.3 Å². The molecule has 3 atom stereocenters. The van der Waals surface area contributed by atoms with E-state index >= 15 is 0 Å². The Bertz CT molecular complexity index is 1210. The molecular formula is C26H36N8O3. The van der Waals surface area contributed by atoms with E-state index in [1.165, 1.54) is 16.6 Å². The van der Waals surface area contributed by atoms with Crippen molar-refractivity contribution in [3.63, 3.8) is 0 Å². The quantitative estimate of drug-likeness (QED) is 0.531. The molecule has 1 saturated carbocycles. The van der Waals surface area contributed by atoms with Crippen LogP contribution in [0.25, 0.3) is 5.69 Å². The van der Waals surface area contributed by atoms with Gasteiger partial charge in [-0.1, -0.05) is 12.1 Å². The van der Waals surface area contributed by atoms with Crippen molar-refractivity contribution in [2.45, 2.75) is 38.4 Å². The van der Waals surface area contributed by atoms with E-state index in [-0.39, 0.29) is 17.8 Å². The highest BCUT2D eigenvalue weighted by atomic mass is 16.2. The molecule has 3 heterocycles. The molecular weight excluding hydrogens is 472 g/mol. The van der Waals surface area contributed by atoms with Gasteiger partial charge in [0.1, 0.15) is 5.82 Å². The van der Waals surface area contributed by atoms with Gasteiger partial charge >= 0.3 is 11.7 Å². The minimum absolute atomic E-state index is 0.140. The maximum absolute atomic E-state index is 12.7. The molecule has 0 radical (unpaired) electrons. The van der Waals surface area contributed by atoms with Crippen LogP contribution in [0.1, 0.15) is 25.8 Å². The van der Waals surface area contributed by atoms with Crippen molar-refractivity contribution in [3.8, 4) is 5.69 Å². The van der Waals surface area contributed by atoms with E-state index in [1.54, 1.807) is 35.9 Å². The fourth-order valence-electron chi connectivity index (χ4n) is 5.40. The Morgan fingerprint density at radius 3 is 2.32 bits per heavy atom. The molecule has 2 saturated heterocycles. The van der Waals surface area contributed by atoms with Gasteiger partial charge in [-0.25, -0.2) is 9.59 Å². The highest BCUT2D eigenvalue weighted by Crippen LogP contribution is 2.43. The molecule has 1 aliphatic carbocycles. The number of anilines is 1. The van der Waals surface area contributed by atoms with Crippen LogP contribution in [0.3, 0.4) is 0 Å². The summed E-state index contributed by atoms with van der Waals surface area (Å²) < 4.78 is 1.45. The molecule has 1 aromatic carbocycles. The summed E-state index contributed by atoms with van der Waals surface area (Å²) in [7, 11) is 0. The number of nitrogens with one attached hydrogen (secondary N) is 1. The van der Waals surface area contributed by atoms with Gasteiger partial charge in [-0.2, -0.15) is 4.98 Å². The SMILES string of the molecule is CC(C)(N)C(=O)N1CCN(C(=O)Nc2ccn(-c3ccc(CN4CC[C@H]5[C@H](N)[C@H]5C4)cc3)c(=O)n2)CC1. The first-order chi connectivity index (χ1) is 17.6. The molecule has 3 amide bonds. The number of piperidine rings is 1. The maximum Gasteiger partial charge on any atom is 0.354 e. The third kappa shape index (κ3) is 5.53. The van der Waals surface area contributed by atoms with Gasteiger partial charge in [0.05, 0.1) is 11.2 Å². The molecule has 11 heteroatoms. The molecule has 2 aliphatic heterocycles.